The molecule has 3 aromatic rings. The van der Waals surface area contributed by atoms with Gasteiger partial charge in [-0.3, -0.25) is 4.79 Å². The standard InChI is InChI=1S/C24H22F3N3O5S2/c25-24(26,27)17-7-5-8-18(15-17)30(37(34,35)22-12-2-1-11-21(22)23(28)31)19-9-6-10-20(16-19)36(32,33)29-13-3-4-14-29/h1-2,5-12,15-16H,3-4,13-14H2,(H2,28,31). The minimum Gasteiger partial charge on any atom is -0.366 e. The molecule has 1 fully saturated rings. The number of sulfonamides is 2. The average molecular weight is 554 g/mol. The third kappa shape index (κ3) is 5.20. The first-order chi connectivity index (χ1) is 17.3. The molecule has 0 aliphatic carbocycles. The Labute approximate surface area is 212 Å². The molecule has 1 saturated heterocycles. The first kappa shape index (κ1) is 26.6. The summed E-state index contributed by atoms with van der Waals surface area (Å²) < 4.78 is 96.5. The number of halogens is 3. The lowest BCUT2D eigenvalue weighted by atomic mass is 10.2. The third-order valence-electron chi connectivity index (χ3n) is 5.83. The van der Waals surface area contributed by atoms with Crippen molar-refractivity contribution in [3.05, 3.63) is 83.9 Å². The highest BCUT2D eigenvalue weighted by molar-refractivity contribution is 7.93. The van der Waals surface area contributed by atoms with Gasteiger partial charge in [0, 0.05) is 13.1 Å². The number of rotatable bonds is 7. The molecule has 1 heterocycles. The van der Waals surface area contributed by atoms with Gasteiger partial charge in [-0.25, -0.2) is 21.1 Å². The van der Waals surface area contributed by atoms with Crippen LogP contribution in [-0.2, 0) is 26.2 Å². The first-order valence-electron chi connectivity index (χ1n) is 11.0. The van der Waals surface area contributed by atoms with E-state index < -0.39 is 48.3 Å². The molecule has 1 aliphatic rings. The van der Waals surface area contributed by atoms with Gasteiger partial charge in [-0.15, -0.1) is 0 Å². The molecule has 4 rings (SSSR count). The van der Waals surface area contributed by atoms with E-state index in [-0.39, 0.29) is 16.1 Å². The fraction of sp³-hybridized carbons (Fsp3) is 0.208. The number of benzene rings is 3. The number of carbonyl (C=O) groups excluding carboxylic acids is 1. The molecule has 0 bridgehead atoms. The van der Waals surface area contributed by atoms with Crippen LogP contribution in [0.1, 0.15) is 28.8 Å². The highest BCUT2D eigenvalue weighted by atomic mass is 32.2. The summed E-state index contributed by atoms with van der Waals surface area (Å²) in [5.41, 5.74) is 3.22. The fourth-order valence-corrected chi connectivity index (χ4v) is 7.31. The van der Waals surface area contributed by atoms with Crippen molar-refractivity contribution >= 4 is 37.3 Å². The number of nitrogens with two attached hydrogens (primary N) is 1. The van der Waals surface area contributed by atoms with Crippen LogP contribution >= 0.6 is 0 Å². The molecule has 0 atom stereocenters. The Kier molecular flexibility index (Phi) is 7.06. The van der Waals surface area contributed by atoms with Gasteiger partial charge in [0.05, 0.1) is 27.4 Å². The highest BCUT2D eigenvalue weighted by Gasteiger charge is 2.35. The molecule has 0 unspecified atom stereocenters. The topological polar surface area (TPSA) is 118 Å². The number of carbonyl (C=O) groups is 1. The second-order valence-corrected chi connectivity index (χ2v) is 12.0. The summed E-state index contributed by atoms with van der Waals surface area (Å²) in [6, 6.07) is 13.5. The maximum absolute atomic E-state index is 13.9. The molecule has 0 aromatic heterocycles. The summed E-state index contributed by atoms with van der Waals surface area (Å²) in [4.78, 5) is 11.2. The van der Waals surface area contributed by atoms with Crippen molar-refractivity contribution in [2.75, 3.05) is 17.4 Å². The van der Waals surface area contributed by atoms with Crippen LogP contribution in [0.4, 0.5) is 24.5 Å². The minimum absolute atomic E-state index is 0.220. The maximum Gasteiger partial charge on any atom is 0.416 e. The van der Waals surface area contributed by atoms with Gasteiger partial charge in [-0.1, -0.05) is 24.3 Å². The van der Waals surface area contributed by atoms with Crippen LogP contribution in [0, 0.1) is 0 Å². The second kappa shape index (κ2) is 9.80. The van der Waals surface area contributed by atoms with E-state index in [1.807, 2.05) is 0 Å². The predicted molar refractivity (Wildman–Crippen MR) is 130 cm³/mol. The molecular weight excluding hydrogens is 531 g/mol. The van der Waals surface area contributed by atoms with Gasteiger partial charge in [0.15, 0.2) is 0 Å². The Morgan fingerprint density at radius 1 is 0.838 bits per heavy atom. The highest BCUT2D eigenvalue weighted by Crippen LogP contribution is 2.38. The predicted octanol–water partition coefficient (Wildman–Crippen LogP) is 4.12. The van der Waals surface area contributed by atoms with Crippen molar-refractivity contribution in [2.24, 2.45) is 5.73 Å². The molecule has 1 amide bonds. The summed E-state index contributed by atoms with van der Waals surface area (Å²) in [5, 5.41) is 0. The molecule has 2 N–H and O–H groups in total. The van der Waals surface area contributed by atoms with Crippen LogP contribution in [0.15, 0.2) is 82.6 Å². The minimum atomic E-state index is -4.78. The molecule has 3 aromatic carbocycles. The summed E-state index contributed by atoms with van der Waals surface area (Å²) >= 11 is 0. The summed E-state index contributed by atoms with van der Waals surface area (Å²) in [6.07, 6.45) is -3.43. The zero-order valence-corrected chi connectivity index (χ0v) is 20.9. The van der Waals surface area contributed by atoms with E-state index in [1.165, 1.54) is 40.7 Å². The summed E-state index contributed by atoms with van der Waals surface area (Å²) in [5.74, 6) is -1.06. The lowest BCUT2D eigenvalue weighted by Gasteiger charge is -2.27. The molecule has 1 aliphatic heterocycles. The van der Waals surface area contributed by atoms with E-state index >= 15 is 0 Å². The van der Waals surface area contributed by atoms with E-state index in [2.05, 4.69) is 0 Å². The van der Waals surface area contributed by atoms with E-state index in [9.17, 15) is 34.8 Å². The Bertz CT molecular complexity index is 1550. The lowest BCUT2D eigenvalue weighted by Crippen LogP contribution is -2.30. The van der Waals surface area contributed by atoms with E-state index in [0.717, 1.165) is 30.3 Å². The maximum atomic E-state index is 13.9. The lowest BCUT2D eigenvalue weighted by molar-refractivity contribution is -0.137. The van der Waals surface area contributed by atoms with Gasteiger partial charge in [0.2, 0.25) is 15.9 Å². The molecule has 0 spiro atoms. The van der Waals surface area contributed by atoms with Crippen LogP contribution < -0.4 is 10.0 Å². The van der Waals surface area contributed by atoms with E-state index in [1.54, 1.807) is 0 Å². The molecule has 196 valence electrons. The largest absolute Gasteiger partial charge is 0.416 e. The molecule has 0 saturated carbocycles. The molecule has 37 heavy (non-hydrogen) atoms. The Morgan fingerprint density at radius 3 is 2.05 bits per heavy atom. The average Bonchev–Trinajstić information content (AvgIpc) is 3.40. The van der Waals surface area contributed by atoms with Crippen molar-refractivity contribution in [3.8, 4) is 0 Å². The van der Waals surface area contributed by atoms with Gasteiger partial charge in [0.1, 0.15) is 4.90 Å². The van der Waals surface area contributed by atoms with Crippen molar-refractivity contribution in [1.82, 2.24) is 4.31 Å². The zero-order chi connectivity index (χ0) is 27.0. The van der Waals surface area contributed by atoms with E-state index in [4.69, 9.17) is 5.73 Å². The van der Waals surface area contributed by atoms with Crippen LogP contribution in [-0.4, -0.2) is 40.1 Å². The van der Waals surface area contributed by atoms with Crippen molar-refractivity contribution in [1.29, 1.82) is 0 Å². The van der Waals surface area contributed by atoms with Crippen LogP contribution in [0.25, 0.3) is 0 Å². The van der Waals surface area contributed by atoms with Crippen molar-refractivity contribution in [3.63, 3.8) is 0 Å². The number of primary amides is 1. The Balaban J connectivity index is 1.96. The molecule has 8 nitrogen and oxygen atoms in total. The SMILES string of the molecule is NC(=O)c1ccccc1S(=O)(=O)N(c1cccc(C(F)(F)F)c1)c1cccc(S(=O)(=O)N2CCCC2)c1. The van der Waals surface area contributed by atoms with Crippen molar-refractivity contribution < 1.29 is 34.8 Å². The smallest absolute Gasteiger partial charge is 0.366 e. The van der Waals surface area contributed by atoms with Gasteiger partial charge in [-0.05, 0) is 61.4 Å². The fourth-order valence-electron chi connectivity index (χ4n) is 4.08. The van der Waals surface area contributed by atoms with Gasteiger partial charge < -0.3 is 5.73 Å². The summed E-state index contributed by atoms with van der Waals surface area (Å²) in [6.45, 7) is 0.600. The molecule has 0 radical (unpaired) electrons. The molecule has 13 heteroatoms. The van der Waals surface area contributed by atoms with Gasteiger partial charge in [-0.2, -0.15) is 17.5 Å². The third-order valence-corrected chi connectivity index (χ3v) is 9.54. The monoisotopic (exact) mass is 553 g/mol. The van der Waals surface area contributed by atoms with Crippen LogP contribution in [0.3, 0.4) is 0 Å². The number of hydrogen-bond donors (Lipinski definition) is 1. The second-order valence-electron chi connectivity index (χ2n) is 8.29. The van der Waals surface area contributed by atoms with Crippen molar-refractivity contribution in [2.45, 2.75) is 28.8 Å². The normalized spacial score (nSPS) is 15.0. The van der Waals surface area contributed by atoms with Gasteiger partial charge in [0.25, 0.3) is 10.0 Å². The zero-order valence-electron chi connectivity index (χ0n) is 19.2. The Hall–Kier alpha value is -3.42. The van der Waals surface area contributed by atoms with Crippen LogP contribution in [0.5, 0.6) is 0 Å². The number of anilines is 2. The summed E-state index contributed by atoms with van der Waals surface area (Å²) in [7, 11) is -8.75. The number of amides is 1. The first-order valence-corrected chi connectivity index (χ1v) is 13.9. The number of hydrogen-bond acceptors (Lipinski definition) is 5. The number of nitrogens with zero attached hydrogens (tertiary/aromatic N) is 2. The number of alkyl halides is 3. The van der Waals surface area contributed by atoms with E-state index in [0.29, 0.717) is 36.3 Å². The van der Waals surface area contributed by atoms with Gasteiger partial charge >= 0.3 is 6.18 Å². The van der Waals surface area contributed by atoms with Crippen LogP contribution in [0.2, 0.25) is 0 Å². The molecular formula is C24H22F3N3O5S2. The Morgan fingerprint density at radius 2 is 1.43 bits per heavy atom. The quantitative estimate of drug-likeness (QED) is 0.472.